The number of hydrogen-bond donors (Lipinski definition) is 1. The van der Waals surface area contributed by atoms with Gasteiger partial charge in [0.2, 0.25) is 11.8 Å². The molecule has 1 N–H and O–H groups in total. The van der Waals surface area contributed by atoms with Crippen LogP contribution in [0.3, 0.4) is 0 Å². The first-order valence-corrected chi connectivity index (χ1v) is 8.11. The van der Waals surface area contributed by atoms with Gasteiger partial charge in [-0.1, -0.05) is 11.6 Å². The minimum absolute atomic E-state index is 0.0312. The number of halogens is 1. The lowest BCUT2D eigenvalue weighted by Crippen LogP contribution is -2.42. The van der Waals surface area contributed by atoms with E-state index in [1.165, 1.54) is 4.90 Å². The number of rotatable bonds is 4. The summed E-state index contributed by atoms with van der Waals surface area (Å²) in [7, 11) is 0. The van der Waals surface area contributed by atoms with Gasteiger partial charge in [-0.25, -0.2) is 0 Å². The van der Waals surface area contributed by atoms with Crippen molar-refractivity contribution < 1.29 is 14.0 Å². The number of anilines is 1. The van der Waals surface area contributed by atoms with E-state index in [0.717, 1.165) is 17.0 Å². The van der Waals surface area contributed by atoms with Crippen LogP contribution in [-0.4, -0.2) is 18.4 Å². The van der Waals surface area contributed by atoms with Gasteiger partial charge in [0, 0.05) is 10.7 Å². The molecule has 2 aromatic rings. The fourth-order valence-corrected chi connectivity index (χ4v) is 3.10. The van der Waals surface area contributed by atoms with Gasteiger partial charge in [0.05, 0.1) is 12.0 Å². The number of furan rings is 1. The fraction of sp³-hybridized carbons (Fsp3) is 0.333. The number of nitrogens with one attached hydrogen (secondary N) is 1. The average molecular weight is 347 g/mol. The molecule has 126 valence electrons. The summed E-state index contributed by atoms with van der Waals surface area (Å²) in [5.41, 5.74) is 0.881. The van der Waals surface area contributed by atoms with Crippen molar-refractivity contribution in [2.75, 3.05) is 11.4 Å². The zero-order valence-electron chi connectivity index (χ0n) is 13.9. The molecule has 1 aliphatic heterocycles. The van der Waals surface area contributed by atoms with Crippen LogP contribution in [0.15, 0.2) is 34.7 Å². The molecule has 0 aliphatic carbocycles. The highest BCUT2D eigenvalue weighted by Crippen LogP contribution is 2.42. The highest BCUT2D eigenvalue weighted by molar-refractivity contribution is 6.31. The molecule has 0 atom stereocenters. The Bertz CT molecular complexity index is 810. The van der Waals surface area contributed by atoms with Crippen molar-refractivity contribution >= 4 is 29.1 Å². The zero-order valence-corrected chi connectivity index (χ0v) is 14.6. The van der Waals surface area contributed by atoms with Crippen LogP contribution >= 0.6 is 11.6 Å². The van der Waals surface area contributed by atoms with Crippen LogP contribution in [0, 0.1) is 6.92 Å². The van der Waals surface area contributed by atoms with Crippen LogP contribution in [0.2, 0.25) is 5.02 Å². The van der Waals surface area contributed by atoms with Crippen LogP contribution < -0.4 is 10.2 Å². The monoisotopic (exact) mass is 346 g/mol. The predicted molar refractivity (Wildman–Crippen MR) is 92.1 cm³/mol. The maximum Gasteiger partial charge on any atom is 0.240 e. The van der Waals surface area contributed by atoms with Gasteiger partial charge in [-0.3, -0.25) is 9.59 Å². The Morgan fingerprint density at radius 3 is 2.71 bits per heavy atom. The first-order chi connectivity index (χ1) is 11.3. The molecular weight excluding hydrogens is 328 g/mol. The molecular formula is C18H19ClN2O3. The Morgan fingerprint density at radius 2 is 2.04 bits per heavy atom. The van der Waals surface area contributed by atoms with E-state index in [2.05, 4.69) is 5.32 Å². The maximum absolute atomic E-state index is 12.7. The molecule has 0 radical (unpaired) electrons. The van der Waals surface area contributed by atoms with Crippen LogP contribution in [0.4, 0.5) is 5.69 Å². The van der Waals surface area contributed by atoms with E-state index in [4.69, 9.17) is 16.0 Å². The Kier molecular flexibility index (Phi) is 4.13. The summed E-state index contributed by atoms with van der Waals surface area (Å²) in [5, 5.41) is 3.35. The third-order valence-corrected chi connectivity index (χ3v) is 4.50. The topological polar surface area (TPSA) is 62.6 Å². The van der Waals surface area contributed by atoms with Gasteiger partial charge in [0.25, 0.3) is 0 Å². The van der Waals surface area contributed by atoms with Crippen molar-refractivity contribution in [3.05, 3.63) is 52.4 Å². The zero-order chi connectivity index (χ0) is 17.5. The van der Waals surface area contributed by atoms with Gasteiger partial charge < -0.3 is 14.6 Å². The highest BCUT2D eigenvalue weighted by Gasteiger charge is 2.44. The summed E-state index contributed by atoms with van der Waals surface area (Å²) in [6, 6.07) is 8.96. The van der Waals surface area contributed by atoms with Crippen LogP contribution in [0.25, 0.3) is 0 Å². The molecule has 1 aliphatic rings. The van der Waals surface area contributed by atoms with Crippen LogP contribution in [0.5, 0.6) is 0 Å². The van der Waals surface area contributed by atoms with Crippen molar-refractivity contribution in [1.29, 1.82) is 0 Å². The number of aryl methyl sites for hydroxylation is 1. The van der Waals surface area contributed by atoms with Gasteiger partial charge in [0.1, 0.15) is 18.1 Å². The van der Waals surface area contributed by atoms with E-state index in [9.17, 15) is 9.59 Å². The number of hydrogen-bond acceptors (Lipinski definition) is 3. The molecule has 0 unspecified atom stereocenters. The first-order valence-electron chi connectivity index (χ1n) is 7.73. The second-order valence-electron chi connectivity index (χ2n) is 6.47. The molecule has 0 saturated heterocycles. The number of amides is 2. The van der Waals surface area contributed by atoms with E-state index in [-0.39, 0.29) is 18.4 Å². The standard InChI is InChI=1S/C18H19ClN2O3/c1-11-4-6-13(24-11)9-20-16(22)10-21-15-7-5-12(19)8-14(15)18(2,3)17(21)23/h4-8H,9-10H2,1-3H3,(H,20,22). The molecule has 5 nitrogen and oxygen atoms in total. The molecule has 6 heteroatoms. The quantitative estimate of drug-likeness (QED) is 0.924. The normalized spacial score (nSPS) is 15.5. The van der Waals surface area contributed by atoms with Crippen LogP contribution in [-0.2, 0) is 21.5 Å². The van der Waals surface area contributed by atoms with Crippen molar-refractivity contribution in [1.82, 2.24) is 5.32 Å². The lowest BCUT2D eigenvalue weighted by atomic mass is 9.86. The summed E-state index contributed by atoms with van der Waals surface area (Å²) in [6.07, 6.45) is 0. The summed E-state index contributed by atoms with van der Waals surface area (Å²) < 4.78 is 5.42. The molecule has 2 heterocycles. The van der Waals surface area contributed by atoms with E-state index >= 15 is 0 Å². The number of benzene rings is 1. The lowest BCUT2D eigenvalue weighted by Gasteiger charge is -2.19. The Balaban J connectivity index is 1.73. The molecule has 0 bridgehead atoms. The first kappa shape index (κ1) is 16.6. The minimum atomic E-state index is -0.696. The third kappa shape index (κ3) is 2.91. The smallest absolute Gasteiger partial charge is 0.240 e. The van der Waals surface area contributed by atoms with E-state index in [1.807, 2.05) is 32.9 Å². The summed E-state index contributed by atoms with van der Waals surface area (Å²) in [4.78, 5) is 26.4. The van der Waals surface area contributed by atoms with Gasteiger partial charge in [-0.15, -0.1) is 0 Å². The summed E-state index contributed by atoms with van der Waals surface area (Å²) in [5.74, 6) is 1.13. The molecule has 1 aromatic carbocycles. The highest BCUT2D eigenvalue weighted by atomic mass is 35.5. The van der Waals surface area contributed by atoms with Crippen molar-refractivity contribution in [3.63, 3.8) is 0 Å². The van der Waals surface area contributed by atoms with Crippen molar-refractivity contribution in [3.8, 4) is 0 Å². The molecule has 24 heavy (non-hydrogen) atoms. The molecule has 2 amide bonds. The minimum Gasteiger partial charge on any atom is -0.465 e. The molecule has 0 saturated carbocycles. The van der Waals surface area contributed by atoms with Crippen molar-refractivity contribution in [2.45, 2.75) is 32.7 Å². The number of fused-ring (bicyclic) bond motifs is 1. The SMILES string of the molecule is Cc1ccc(CNC(=O)CN2C(=O)C(C)(C)c3cc(Cl)ccc32)o1. The molecule has 0 fully saturated rings. The largest absolute Gasteiger partial charge is 0.465 e. The molecule has 1 aromatic heterocycles. The lowest BCUT2D eigenvalue weighted by molar-refractivity contribution is -0.125. The van der Waals surface area contributed by atoms with Crippen molar-refractivity contribution in [2.24, 2.45) is 0 Å². The Hall–Kier alpha value is -2.27. The second kappa shape index (κ2) is 5.98. The second-order valence-corrected chi connectivity index (χ2v) is 6.90. The maximum atomic E-state index is 12.7. The fourth-order valence-electron chi connectivity index (χ4n) is 2.93. The van der Waals surface area contributed by atoms with Gasteiger partial charge in [-0.05, 0) is 56.7 Å². The van der Waals surface area contributed by atoms with E-state index < -0.39 is 5.41 Å². The number of nitrogens with zero attached hydrogens (tertiary/aromatic N) is 1. The molecule has 0 spiro atoms. The van der Waals surface area contributed by atoms with E-state index in [1.54, 1.807) is 18.2 Å². The molecule has 3 rings (SSSR count). The van der Waals surface area contributed by atoms with Crippen LogP contribution in [0.1, 0.15) is 30.9 Å². The van der Waals surface area contributed by atoms with Gasteiger partial charge in [0.15, 0.2) is 0 Å². The van der Waals surface area contributed by atoms with E-state index in [0.29, 0.717) is 17.3 Å². The summed E-state index contributed by atoms with van der Waals surface area (Å²) in [6.45, 7) is 5.79. The number of carbonyl (C=O) groups excluding carboxylic acids is 2. The van der Waals surface area contributed by atoms with Gasteiger partial charge in [-0.2, -0.15) is 0 Å². The summed E-state index contributed by atoms with van der Waals surface area (Å²) >= 11 is 6.05. The Morgan fingerprint density at radius 1 is 1.29 bits per heavy atom. The van der Waals surface area contributed by atoms with Gasteiger partial charge >= 0.3 is 0 Å². The third-order valence-electron chi connectivity index (χ3n) is 4.26. The Labute approximate surface area is 145 Å². The number of carbonyl (C=O) groups is 2. The predicted octanol–water partition coefficient (Wildman–Crippen LogP) is 3.18. The average Bonchev–Trinajstić information content (AvgIpc) is 3.02.